The molecule has 0 spiro atoms. The summed E-state index contributed by atoms with van der Waals surface area (Å²) < 4.78 is 17.6. The summed E-state index contributed by atoms with van der Waals surface area (Å²) in [4.78, 5) is 11.7. The fraction of sp³-hybridized carbons (Fsp3) is 0.286. The number of halogens is 1. The second-order valence-corrected chi connectivity index (χ2v) is 3.82. The zero-order valence-corrected chi connectivity index (χ0v) is 10.6. The van der Waals surface area contributed by atoms with Gasteiger partial charge >= 0.3 is 0 Å². The van der Waals surface area contributed by atoms with Crippen LogP contribution in [0.4, 0.5) is 4.39 Å². The number of nitrogens with one attached hydrogen (secondary N) is 1. The van der Waals surface area contributed by atoms with Gasteiger partial charge in [-0.15, -0.1) is 0 Å². The molecular formula is C14H15FN2O2. The van der Waals surface area contributed by atoms with Gasteiger partial charge in [-0.05, 0) is 30.2 Å². The molecule has 0 unspecified atom stereocenters. The van der Waals surface area contributed by atoms with Gasteiger partial charge in [0.2, 0.25) is 0 Å². The van der Waals surface area contributed by atoms with E-state index in [1.807, 2.05) is 6.07 Å². The molecule has 1 aromatic carbocycles. The summed E-state index contributed by atoms with van der Waals surface area (Å²) in [5, 5.41) is 11.6. The number of amides is 1. The van der Waals surface area contributed by atoms with Gasteiger partial charge in [-0.1, -0.05) is 12.1 Å². The van der Waals surface area contributed by atoms with Crippen LogP contribution >= 0.6 is 0 Å². The first-order valence-corrected chi connectivity index (χ1v) is 5.82. The fourth-order valence-corrected chi connectivity index (χ4v) is 1.39. The highest BCUT2D eigenvalue weighted by molar-refractivity contribution is 6.01. The van der Waals surface area contributed by atoms with Crippen LogP contribution in [0.25, 0.3) is 6.08 Å². The Labute approximate surface area is 111 Å². The molecule has 0 aliphatic carbocycles. The van der Waals surface area contributed by atoms with Gasteiger partial charge in [0, 0.05) is 20.3 Å². The van der Waals surface area contributed by atoms with Gasteiger partial charge in [0.1, 0.15) is 17.5 Å². The Balaban J connectivity index is 2.64. The number of hydrogen-bond acceptors (Lipinski definition) is 3. The van der Waals surface area contributed by atoms with Crippen molar-refractivity contribution in [3.8, 4) is 6.07 Å². The molecule has 0 aliphatic rings. The van der Waals surface area contributed by atoms with E-state index in [0.717, 1.165) is 0 Å². The molecule has 0 fully saturated rings. The Morgan fingerprint density at radius 1 is 1.47 bits per heavy atom. The number of nitrogens with zero attached hydrogens (tertiary/aromatic N) is 1. The molecule has 0 bridgehead atoms. The SMILES string of the molecule is COCCCNC(=O)/C(C#N)=C/c1ccc(F)cc1. The Morgan fingerprint density at radius 3 is 2.74 bits per heavy atom. The van der Waals surface area contributed by atoms with E-state index in [2.05, 4.69) is 5.32 Å². The van der Waals surface area contributed by atoms with E-state index >= 15 is 0 Å². The molecule has 1 N–H and O–H groups in total. The van der Waals surface area contributed by atoms with Crippen LogP contribution in [0, 0.1) is 17.1 Å². The largest absolute Gasteiger partial charge is 0.385 e. The van der Waals surface area contributed by atoms with Crippen LogP contribution in [0.15, 0.2) is 29.8 Å². The zero-order valence-electron chi connectivity index (χ0n) is 10.6. The van der Waals surface area contributed by atoms with E-state index in [1.54, 1.807) is 7.11 Å². The molecule has 0 aliphatic heterocycles. The molecule has 4 nitrogen and oxygen atoms in total. The van der Waals surface area contributed by atoms with Crippen LogP contribution in [0.1, 0.15) is 12.0 Å². The number of hydrogen-bond donors (Lipinski definition) is 1. The predicted octanol–water partition coefficient (Wildman–Crippen LogP) is 1.89. The molecule has 0 saturated carbocycles. The topological polar surface area (TPSA) is 62.1 Å². The minimum atomic E-state index is -0.442. The van der Waals surface area contributed by atoms with Gasteiger partial charge in [0.25, 0.3) is 5.91 Å². The Kier molecular flexibility index (Phi) is 6.27. The van der Waals surface area contributed by atoms with Gasteiger partial charge in [-0.3, -0.25) is 4.79 Å². The van der Waals surface area contributed by atoms with Gasteiger partial charge < -0.3 is 10.1 Å². The summed E-state index contributed by atoms with van der Waals surface area (Å²) in [5.74, 6) is -0.803. The van der Waals surface area contributed by atoms with Crippen molar-refractivity contribution in [2.45, 2.75) is 6.42 Å². The summed E-state index contributed by atoms with van der Waals surface area (Å²) in [6.07, 6.45) is 2.10. The normalized spacial score (nSPS) is 10.9. The molecule has 100 valence electrons. The molecule has 0 radical (unpaired) electrons. The molecule has 1 aromatic rings. The molecule has 5 heteroatoms. The first kappa shape index (κ1) is 14.9. The summed E-state index contributed by atoms with van der Waals surface area (Å²) in [6, 6.07) is 7.39. The maximum absolute atomic E-state index is 12.7. The van der Waals surface area contributed by atoms with Crippen LogP contribution < -0.4 is 5.32 Å². The minimum absolute atomic E-state index is 0.0102. The summed E-state index contributed by atoms with van der Waals surface area (Å²) in [7, 11) is 1.58. The lowest BCUT2D eigenvalue weighted by Gasteiger charge is -2.03. The quantitative estimate of drug-likeness (QED) is 0.484. The predicted molar refractivity (Wildman–Crippen MR) is 69.5 cm³/mol. The third-order valence-electron chi connectivity index (χ3n) is 2.36. The van der Waals surface area contributed by atoms with Gasteiger partial charge in [0.05, 0.1) is 0 Å². The van der Waals surface area contributed by atoms with Crippen molar-refractivity contribution < 1.29 is 13.9 Å². The van der Waals surface area contributed by atoms with Crippen molar-refractivity contribution in [3.63, 3.8) is 0 Å². The Morgan fingerprint density at radius 2 is 2.16 bits per heavy atom. The van der Waals surface area contributed by atoms with Crippen LogP contribution in [-0.2, 0) is 9.53 Å². The number of carbonyl (C=O) groups is 1. The van der Waals surface area contributed by atoms with E-state index in [-0.39, 0.29) is 11.4 Å². The number of benzene rings is 1. The molecular weight excluding hydrogens is 247 g/mol. The van der Waals surface area contributed by atoms with Crippen LogP contribution in [0.2, 0.25) is 0 Å². The van der Waals surface area contributed by atoms with Crippen molar-refractivity contribution in [2.75, 3.05) is 20.3 Å². The zero-order chi connectivity index (χ0) is 14.1. The van der Waals surface area contributed by atoms with Crippen molar-refractivity contribution in [3.05, 3.63) is 41.2 Å². The highest BCUT2D eigenvalue weighted by atomic mass is 19.1. The van der Waals surface area contributed by atoms with Crippen LogP contribution in [-0.4, -0.2) is 26.2 Å². The van der Waals surface area contributed by atoms with Gasteiger partial charge in [-0.25, -0.2) is 4.39 Å². The van der Waals surface area contributed by atoms with Gasteiger partial charge in [-0.2, -0.15) is 5.26 Å². The number of nitriles is 1. The second kappa shape index (κ2) is 8.01. The lowest BCUT2D eigenvalue weighted by atomic mass is 10.1. The summed E-state index contributed by atoms with van der Waals surface area (Å²) >= 11 is 0. The molecule has 0 saturated heterocycles. The van der Waals surface area contributed by atoms with Crippen molar-refractivity contribution >= 4 is 12.0 Å². The summed E-state index contributed by atoms with van der Waals surface area (Å²) in [5.41, 5.74) is 0.592. The van der Waals surface area contributed by atoms with Crippen molar-refractivity contribution in [1.82, 2.24) is 5.32 Å². The van der Waals surface area contributed by atoms with E-state index in [0.29, 0.717) is 25.1 Å². The maximum atomic E-state index is 12.7. The molecule has 0 atom stereocenters. The van der Waals surface area contributed by atoms with Crippen LogP contribution in [0.3, 0.4) is 0 Å². The average Bonchev–Trinajstić information content (AvgIpc) is 2.42. The first-order chi connectivity index (χ1) is 9.17. The Hall–Kier alpha value is -2.19. The van der Waals surface area contributed by atoms with E-state index in [4.69, 9.17) is 10.00 Å². The van der Waals surface area contributed by atoms with E-state index in [1.165, 1.54) is 30.3 Å². The number of carbonyl (C=O) groups excluding carboxylic acids is 1. The van der Waals surface area contributed by atoms with E-state index < -0.39 is 5.91 Å². The number of rotatable bonds is 6. The smallest absolute Gasteiger partial charge is 0.261 e. The first-order valence-electron chi connectivity index (χ1n) is 5.82. The van der Waals surface area contributed by atoms with Gasteiger partial charge in [0.15, 0.2) is 0 Å². The lowest BCUT2D eigenvalue weighted by molar-refractivity contribution is -0.117. The highest BCUT2D eigenvalue weighted by Gasteiger charge is 2.07. The minimum Gasteiger partial charge on any atom is -0.385 e. The third kappa shape index (κ3) is 5.32. The second-order valence-electron chi connectivity index (χ2n) is 3.82. The maximum Gasteiger partial charge on any atom is 0.261 e. The molecule has 0 heterocycles. The standard InChI is InChI=1S/C14H15FN2O2/c1-19-8-2-7-17-14(18)12(10-16)9-11-3-5-13(15)6-4-11/h3-6,9H,2,7-8H2,1H3,(H,17,18)/b12-9+. The summed E-state index contributed by atoms with van der Waals surface area (Å²) in [6.45, 7) is 0.985. The molecule has 1 amide bonds. The highest BCUT2D eigenvalue weighted by Crippen LogP contribution is 2.08. The van der Waals surface area contributed by atoms with E-state index in [9.17, 15) is 9.18 Å². The fourth-order valence-electron chi connectivity index (χ4n) is 1.39. The monoisotopic (exact) mass is 262 g/mol. The average molecular weight is 262 g/mol. The third-order valence-corrected chi connectivity index (χ3v) is 2.36. The van der Waals surface area contributed by atoms with Crippen molar-refractivity contribution in [2.24, 2.45) is 0 Å². The Bertz CT molecular complexity index is 489. The molecule has 19 heavy (non-hydrogen) atoms. The lowest BCUT2D eigenvalue weighted by Crippen LogP contribution is -2.26. The number of ether oxygens (including phenoxy) is 1. The van der Waals surface area contributed by atoms with Crippen molar-refractivity contribution in [1.29, 1.82) is 5.26 Å². The molecule has 1 rings (SSSR count). The van der Waals surface area contributed by atoms with Crippen LogP contribution in [0.5, 0.6) is 0 Å². The number of methoxy groups -OCH3 is 1. The molecule has 0 aromatic heterocycles.